The van der Waals surface area contributed by atoms with Crippen LogP contribution >= 0.6 is 11.6 Å². The summed E-state index contributed by atoms with van der Waals surface area (Å²) in [5, 5.41) is 15.3. The number of hydrogen-bond donors (Lipinski definition) is 3. The van der Waals surface area contributed by atoms with E-state index in [0.29, 0.717) is 5.56 Å². The molecule has 0 radical (unpaired) electrons. The molecule has 0 spiro atoms. The van der Waals surface area contributed by atoms with Gasteiger partial charge in [-0.2, -0.15) is 0 Å². The van der Waals surface area contributed by atoms with Crippen LogP contribution in [0.5, 0.6) is 0 Å². The van der Waals surface area contributed by atoms with E-state index in [9.17, 15) is 18.7 Å². The Labute approximate surface area is 137 Å². The monoisotopic (exact) mass is 340 g/mol. The topological polar surface area (TPSA) is 61.4 Å². The number of urea groups is 1. The average molecular weight is 341 g/mol. The number of rotatable bonds is 4. The Kier molecular flexibility index (Phi) is 5.18. The fourth-order valence-electron chi connectivity index (χ4n) is 1.92. The lowest BCUT2D eigenvalue weighted by molar-refractivity contribution is 0.0599. The number of hydrogen-bond acceptors (Lipinski definition) is 2. The second-order valence-electron chi connectivity index (χ2n) is 5.21. The number of carbonyl (C=O) groups is 1. The molecule has 0 bridgehead atoms. The van der Waals surface area contributed by atoms with Crippen LogP contribution in [0.1, 0.15) is 12.5 Å². The molecule has 122 valence electrons. The van der Waals surface area contributed by atoms with Crippen molar-refractivity contribution in [3.05, 3.63) is 64.7 Å². The normalized spacial score (nSPS) is 13.3. The number of nitrogens with one attached hydrogen (secondary N) is 2. The van der Waals surface area contributed by atoms with Gasteiger partial charge in [-0.25, -0.2) is 13.6 Å². The molecule has 1 atom stereocenters. The zero-order valence-electron chi connectivity index (χ0n) is 12.2. The lowest BCUT2D eigenvalue weighted by atomic mass is 9.96. The minimum absolute atomic E-state index is 0.0340. The van der Waals surface area contributed by atoms with Crippen LogP contribution in [0.25, 0.3) is 0 Å². The largest absolute Gasteiger partial charge is 0.384 e. The Morgan fingerprint density at radius 2 is 1.87 bits per heavy atom. The SMILES string of the molecule is CC(O)(CNC(=O)Nc1ccc(Cl)cc1F)c1ccc(F)cc1. The van der Waals surface area contributed by atoms with Gasteiger partial charge in [0.15, 0.2) is 0 Å². The second kappa shape index (κ2) is 6.93. The van der Waals surface area contributed by atoms with Gasteiger partial charge in [-0.3, -0.25) is 0 Å². The maximum atomic E-state index is 13.6. The van der Waals surface area contributed by atoms with Crippen LogP contribution in [0.15, 0.2) is 42.5 Å². The van der Waals surface area contributed by atoms with Gasteiger partial charge in [-0.15, -0.1) is 0 Å². The van der Waals surface area contributed by atoms with Gasteiger partial charge >= 0.3 is 6.03 Å². The zero-order valence-corrected chi connectivity index (χ0v) is 13.0. The number of aliphatic hydroxyl groups is 1. The van der Waals surface area contributed by atoms with Gasteiger partial charge in [-0.05, 0) is 42.8 Å². The molecule has 0 aromatic heterocycles. The first-order valence-electron chi connectivity index (χ1n) is 6.76. The summed E-state index contributed by atoms with van der Waals surface area (Å²) in [5.41, 5.74) is -0.992. The van der Waals surface area contributed by atoms with Crippen molar-refractivity contribution in [3.63, 3.8) is 0 Å². The summed E-state index contributed by atoms with van der Waals surface area (Å²) in [6.07, 6.45) is 0. The van der Waals surface area contributed by atoms with E-state index in [4.69, 9.17) is 11.6 Å². The molecule has 0 saturated carbocycles. The van der Waals surface area contributed by atoms with Crippen LogP contribution in [0.4, 0.5) is 19.3 Å². The molecular weight excluding hydrogens is 326 g/mol. The van der Waals surface area contributed by atoms with Crippen LogP contribution in [0, 0.1) is 11.6 Å². The molecule has 0 heterocycles. The summed E-state index contributed by atoms with van der Waals surface area (Å²) in [5.74, 6) is -1.09. The quantitative estimate of drug-likeness (QED) is 0.795. The summed E-state index contributed by atoms with van der Waals surface area (Å²) < 4.78 is 26.5. The highest BCUT2D eigenvalue weighted by atomic mass is 35.5. The fourth-order valence-corrected chi connectivity index (χ4v) is 2.08. The third-order valence-electron chi connectivity index (χ3n) is 3.24. The summed E-state index contributed by atoms with van der Waals surface area (Å²) in [4.78, 5) is 11.8. The van der Waals surface area contributed by atoms with E-state index in [1.165, 1.54) is 43.3 Å². The molecule has 2 aromatic carbocycles. The summed E-state index contributed by atoms with van der Waals surface area (Å²) in [6, 6.07) is 8.44. The van der Waals surface area contributed by atoms with E-state index < -0.39 is 23.3 Å². The Hall–Kier alpha value is -2.18. The van der Waals surface area contributed by atoms with Gasteiger partial charge in [0.2, 0.25) is 0 Å². The minimum Gasteiger partial charge on any atom is -0.384 e. The molecule has 23 heavy (non-hydrogen) atoms. The summed E-state index contributed by atoms with van der Waals surface area (Å²) in [7, 11) is 0. The Bertz CT molecular complexity index is 706. The third-order valence-corrected chi connectivity index (χ3v) is 3.47. The van der Waals surface area contributed by atoms with Crippen molar-refractivity contribution in [3.8, 4) is 0 Å². The molecule has 0 aliphatic carbocycles. The molecular formula is C16H15ClF2N2O2. The van der Waals surface area contributed by atoms with Crippen molar-refractivity contribution >= 4 is 23.3 Å². The van der Waals surface area contributed by atoms with Crippen LogP contribution in [0.2, 0.25) is 5.02 Å². The molecule has 0 aliphatic rings. The number of amides is 2. The molecule has 0 aliphatic heterocycles. The Morgan fingerprint density at radius 3 is 2.48 bits per heavy atom. The first kappa shape index (κ1) is 17.2. The molecule has 2 amide bonds. The van der Waals surface area contributed by atoms with E-state index in [1.54, 1.807) is 0 Å². The predicted molar refractivity (Wildman–Crippen MR) is 84.4 cm³/mol. The summed E-state index contributed by atoms with van der Waals surface area (Å²) >= 11 is 5.63. The fraction of sp³-hybridized carbons (Fsp3) is 0.188. The van der Waals surface area contributed by atoms with Gasteiger partial charge in [0.1, 0.15) is 17.2 Å². The van der Waals surface area contributed by atoms with Gasteiger partial charge in [0, 0.05) is 5.02 Å². The molecule has 3 N–H and O–H groups in total. The zero-order chi connectivity index (χ0) is 17.0. The first-order chi connectivity index (χ1) is 10.8. The molecule has 4 nitrogen and oxygen atoms in total. The van der Waals surface area contributed by atoms with Gasteiger partial charge < -0.3 is 15.7 Å². The van der Waals surface area contributed by atoms with E-state index in [1.807, 2.05) is 0 Å². The van der Waals surface area contributed by atoms with E-state index in [2.05, 4.69) is 10.6 Å². The highest BCUT2D eigenvalue weighted by Gasteiger charge is 2.24. The number of carbonyl (C=O) groups excluding carboxylic acids is 1. The lowest BCUT2D eigenvalue weighted by Crippen LogP contribution is -2.40. The van der Waals surface area contributed by atoms with Crippen LogP contribution in [0.3, 0.4) is 0 Å². The lowest BCUT2D eigenvalue weighted by Gasteiger charge is -2.24. The van der Waals surface area contributed by atoms with Crippen molar-refractivity contribution in [1.29, 1.82) is 0 Å². The van der Waals surface area contributed by atoms with E-state index in [0.717, 1.165) is 6.07 Å². The standard InChI is InChI=1S/C16H15ClF2N2O2/c1-16(23,10-2-5-12(18)6-3-10)9-20-15(22)21-14-7-4-11(17)8-13(14)19/h2-8,23H,9H2,1H3,(H2,20,21,22). The third kappa shape index (κ3) is 4.64. The van der Waals surface area contributed by atoms with E-state index >= 15 is 0 Å². The summed E-state index contributed by atoms with van der Waals surface area (Å²) in [6.45, 7) is 1.34. The Morgan fingerprint density at radius 1 is 1.22 bits per heavy atom. The molecule has 0 fully saturated rings. The maximum absolute atomic E-state index is 13.6. The molecule has 2 aromatic rings. The van der Waals surface area contributed by atoms with Crippen LogP contribution in [-0.4, -0.2) is 17.7 Å². The first-order valence-corrected chi connectivity index (χ1v) is 7.14. The van der Waals surface area contributed by atoms with Gasteiger partial charge in [0.25, 0.3) is 0 Å². The smallest absolute Gasteiger partial charge is 0.319 e. The van der Waals surface area contributed by atoms with Crippen molar-refractivity contribution in [1.82, 2.24) is 5.32 Å². The molecule has 0 saturated heterocycles. The van der Waals surface area contributed by atoms with Crippen LogP contribution in [-0.2, 0) is 5.60 Å². The molecule has 1 unspecified atom stereocenters. The molecule has 7 heteroatoms. The van der Waals surface area contributed by atoms with Gasteiger partial charge in [-0.1, -0.05) is 23.7 Å². The van der Waals surface area contributed by atoms with Crippen LogP contribution < -0.4 is 10.6 Å². The number of benzene rings is 2. The Balaban J connectivity index is 1.96. The highest BCUT2D eigenvalue weighted by Crippen LogP contribution is 2.21. The van der Waals surface area contributed by atoms with Crippen molar-refractivity contribution in [2.45, 2.75) is 12.5 Å². The second-order valence-corrected chi connectivity index (χ2v) is 5.65. The number of anilines is 1. The highest BCUT2D eigenvalue weighted by molar-refractivity contribution is 6.30. The maximum Gasteiger partial charge on any atom is 0.319 e. The van der Waals surface area contributed by atoms with Gasteiger partial charge in [0.05, 0.1) is 12.2 Å². The van der Waals surface area contributed by atoms with Crippen molar-refractivity contribution in [2.24, 2.45) is 0 Å². The minimum atomic E-state index is -1.40. The average Bonchev–Trinajstić information content (AvgIpc) is 2.49. The number of halogens is 3. The van der Waals surface area contributed by atoms with Crippen molar-refractivity contribution < 1.29 is 18.7 Å². The molecule has 2 rings (SSSR count). The predicted octanol–water partition coefficient (Wildman–Crippen LogP) is 3.65. The van der Waals surface area contributed by atoms with Crippen molar-refractivity contribution in [2.75, 3.05) is 11.9 Å². The van der Waals surface area contributed by atoms with E-state index in [-0.39, 0.29) is 17.3 Å².